The van der Waals surface area contributed by atoms with E-state index < -0.39 is 22.5 Å². The first-order valence-electron chi connectivity index (χ1n) is 11.7. The van der Waals surface area contributed by atoms with Crippen LogP contribution in [0, 0.1) is 0 Å². The van der Waals surface area contributed by atoms with Crippen molar-refractivity contribution in [3.05, 3.63) is 83.4 Å². The fraction of sp³-hybridized carbons (Fsp3) is 0.222. The van der Waals surface area contributed by atoms with Crippen LogP contribution in [0.2, 0.25) is 5.02 Å². The predicted octanol–water partition coefficient (Wildman–Crippen LogP) is 6.72. The Balaban J connectivity index is 1.66. The van der Waals surface area contributed by atoms with Crippen LogP contribution in [0.3, 0.4) is 0 Å². The number of rotatable bonds is 8. The molecule has 0 aliphatic carbocycles. The Morgan fingerprint density at radius 1 is 1.03 bits per heavy atom. The lowest BCUT2D eigenvalue weighted by molar-refractivity contribution is -0.116. The molecule has 0 aliphatic heterocycles. The lowest BCUT2D eigenvalue weighted by Gasteiger charge is -2.25. The van der Waals surface area contributed by atoms with Crippen LogP contribution in [-0.4, -0.2) is 31.0 Å². The average Bonchev–Trinajstić information content (AvgIpc) is 3.21. The highest BCUT2D eigenvalue weighted by Crippen LogP contribution is 2.35. The van der Waals surface area contributed by atoms with Crippen molar-refractivity contribution >= 4 is 49.8 Å². The number of benzene rings is 3. The Morgan fingerprint density at radius 3 is 2.32 bits per heavy atom. The monoisotopic (exact) mass is 538 g/mol. The molecule has 0 fully saturated rings. The molecule has 37 heavy (non-hydrogen) atoms. The van der Waals surface area contributed by atoms with Gasteiger partial charge in [-0.3, -0.25) is 9.10 Å². The van der Waals surface area contributed by atoms with Crippen LogP contribution >= 0.6 is 11.6 Å². The van der Waals surface area contributed by atoms with Gasteiger partial charge in [-0.1, -0.05) is 62.7 Å². The maximum absolute atomic E-state index is 13.7. The van der Waals surface area contributed by atoms with E-state index in [-0.39, 0.29) is 27.6 Å². The minimum Gasteiger partial charge on any atom is -0.493 e. The molecule has 10 heteroatoms. The topological polar surface area (TPSA) is 115 Å². The Kier molecular flexibility index (Phi) is 7.38. The molecular formula is C27H27ClN4O4S. The molecule has 0 atom stereocenters. The molecule has 0 bridgehead atoms. The number of nitrogens with zero attached hydrogens (tertiary/aromatic N) is 3. The zero-order valence-electron chi connectivity index (χ0n) is 20.6. The average molecular weight is 539 g/mol. The van der Waals surface area contributed by atoms with E-state index in [9.17, 15) is 18.3 Å². The quantitative estimate of drug-likeness (QED) is 0.242. The minimum absolute atomic E-state index is 0.0390. The molecule has 0 saturated heterocycles. The van der Waals surface area contributed by atoms with Gasteiger partial charge in [0.1, 0.15) is 6.54 Å². The number of halogens is 1. The predicted molar refractivity (Wildman–Crippen MR) is 145 cm³/mol. The van der Waals surface area contributed by atoms with Crippen LogP contribution in [0.1, 0.15) is 32.8 Å². The van der Waals surface area contributed by atoms with E-state index in [2.05, 4.69) is 36.0 Å². The number of hydrogen-bond donors (Lipinski definition) is 2. The zero-order valence-corrected chi connectivity index (χ0v) is 22.2. The lowest BCUT2D eigenvalue weighted by Crippen LogP contribution is -2.35. The van der Waals surface area contributed by atoms with Crippen molar-refractivity contribution in [3.8, 4) is 5.88 Å². The molecule has 192 valence electrons. The highest BCUT2D eigenvalue weighted by atomic mass is 35.5. The van der Waals surface area contributed by atoms with Crippen LogP contribution in [0.5, 0.6) is 5.88 Å². The third-order valence-electron chi connectivity index (χ3n) is 6.42. The van der Waals surface area contributed by atoms with Crippen LogP contribution in [-0.2, 0) is 20.2 Å². The number of sulfonamides is 1. The first-order valence-corrected chi connectivity index (χ1v) is 13.5. The molecule has 0 saturated carbocycles. The number of aromatic hydroxyl groups is 1. The number of amides is 1. The van der Waals surface area contributed by atoms with Gasteiger partial charge in [-0.25, -0.2) is 8.42 Å². The van der Waals surface area contributed by atoms with Crippen LogP contribution < -0.4 is 4.31 Å². The van der Waals surface area contributed by atoms with Crippen molar-refractivity contribution < 1.29 is 18.3 Å². The Morgan fingerprint density at radius 2 is 1.68 bits per heavy atom. The molecule has 4 aromatic rings. The first-order chi connectivity index (χ1) is 17.5. The second kappa shape index (κ2) is 10.4. The fourth-order valence-electron chi connectivity index (χ4n) is 3.81. The molecular weight excluding hydrogens is 512 g/mol. The summed E-state index contributed by atoms with van der Waals surface area (Å²) in [6.45, 7) is 5.65. The standard InChI is InChI=1S/C27H27ClN4O4S/c1-4-27(2,3)18-9-15-21(16-10-18)37(35,36)32(20-13-11-19(28)12-14-20)17-24(33)30-31-25-22-7-5-6-8-23(22)29-26(25)34/h5-16,29,34H,4,17H2,1-3H3. The smallest absolute Gasteiger partial charge is 0.285 e. The summed E-state index contributed by atoms with van der Waals surface area (Å²) in [6, 6.07) is 19.8. The molecule has 0 spiro atoms. The Hall–Kier alpha value is -3.69. The van der Waals surface area contributed by atoms with Gasteiger partial charge in [0.15, 0.2) is 5.69 Å². The molecule has 1 heterocycles. The number of H-pyrrole nitrogens is 1. The summed E-state index contributed by atoms with van der Waals surface area (Å²) in [5.41, 5.74) is 1.87. The van der Waals surface area contributed by atoms with Crippen LogP contribution in [0.4, 0.5) is 11.4 Å². The van der Waals surface area contributed by atoms with Gasteiger partial charge < -0.3 is 10.1 Å². The van der Waals surface area contributed by atoms with Gasteiger partial charge in [0.25, 0.3) is 15.9 Å². The number of azo groups is 1. The second-order valence-electron chi connectivity index (χ2n) is 9.21. The van der Waals surface area contributed by atoms with E-state index in [1.54, 1.807) is 60.7 Å². The van der Waals surface area contributed by atoms with E-state index in [1.807, 2.05) is 0 Å². The van der Waals surface area contributed by atoms with Crippen LogP contribution in [0.25, 0.3) is 10.9 Å². The molecule has 0 aliphatic rings. The van der Waals surface area contributed by atoms with Crippen molar-refractivity contribution in [2.45, 2.75) is 37.5 Å². The van der Waals surface area contributed by atoms with E-state index in [0.29, 0.717) is 15.9 Å². The molecule has 1 aromatic heterocycles. The van der Waals surface area contributed by atoms with E-state index in [0.717, 1.165) is 16.3 Å². The van der Waals surface area contributed by atoms with Gasteiger partial charge in [-0.05, 0) is 59.9 Å². The molecule has 4 rings (SSSR count). The molecule has 1 amide bonds. The number of anilines is 1. The highest BCUT2D eigenvalue weighted by Gasteiger charge is 2.28. The Labute approximate surface area is 220 Å². The van der Waals surface area contributed by atoms with E-state index >= 15 is 0 Å². The normalized spacial score (nSPS) is 12.3. The number of nitrogens with one attached hydrogen (secondary N) is 1. The summed E-state index contributed by atoms with van der Waals surface area (Å²) in [7, 11) is -4.13. The molecule has 2 N–H and O–H groups in total. The van der Waals surface area contributed by atoms with Gasteiger partial charge in [0.05, 0.1) is 16.1 Å². The van der Waals surface area contributed by atoms with Crippen molar-refractivity contribution in [3.63, 3.8) is 0 Å². The lowest BCUT2D eigenvalue weighted by atomic mass is 9.82. The van der Waals surface area contributed by atoms with E-state index in [1.165, 1.54) is 12.1 Å². The third-order valence-corrected chi connectivity index (χ3v) is 8.46. The number of aromatic nitrogens is 1. The molecule has 0 unspecified atom stereocenters. The zero-order chi connectivity index (χ0) is 26.8. The van der Waals surface area contributed by atoms with Crippen molar-refractivity contribution in [2.75, 3.05) is 10.8 Å². The maximum Gasteiger partial charge on any atom is 0.285 e. The largest absolute Gasteiger partial charge is 0.493 e. The van der Waals surface area contributed by atoms with Crippen LogP contribution in [0.15, 0.2) is 87.9 Å². The first kappa shape index (κ1) is 26.4. The number of carbonyl (C=O) groups excluding carboxylic acids is 1. The molecule has 3 aromatic carbocycles. The SMILES string of the molecule is CCC(C)(C)c1ccc(S(=O)(=O)N(CC(=O)N=Nc2c(O)[nH]c3ccccc23)c2ccc(Cl)cc2)cc1. The van der Waals surface area contributed by atoms with Crippen molar-refractivity contribution in [1.29, 1.82) is 0 Å². The highest BCUT2D eigenvalue weighted by molar-refractivity contribution is 7.92. The summed E-state index contributed by atoms with van der Waals surface area (Å²) < 4.78 is 28.3. The summed E-state index contributed by atoms with van der Waals surface area (Å²) in [4.78, 5) is 15.7. The summed E-state index contributed by atoms with van der Waals surface area (Å²) >= 11 is 6.00. The van der Waals surface area contributed by atoms with Gasteiger partial charge in [-0.15, -0.1) is 10.2 Å². The second-order valence-corrected chi connectivity index (χ2v) is 11.5. The molecule has 8 nitrogen and oxygen atoms in total. The number of fused-ring (bicyclic) bond motifs is 1. The third kappa shape index (κ3) is 5.52. The number of hydrogen-bond acceptors (Lipinski definition) is 5. The van der Waals surface area contributed by atoms with Crippen molar-refractivity contribution in [2.24, 2.45) is 10.2 Å². The van der Waals surface area contributed by atoms with Crippen molar-refractivity contribution in [1.82, 2.24) is 4.98 Å². The van der Waals surface area contributed by atoms with Gasteiger partial charge in [-0.2, -0.15) is 0 Å². The van der Waals surface area contributed by atoms with Gasteiger partial charge >= 0.3 is 0 Å². The van der Waals surface area contributed by atoms with Gasteiger partial charge in [0.2, 0.25) is 5.88 Å². The minimum atomic E-state index is -4.13. The summed E-state index contributed by atoms with van der Waals surface area (Å²) in [5.74, 6) is -1.05. The fourth-order valence-corrected chi connectivity index (χ4v) is 5.35. The number of aromatic amines is 1. The Bertz CT molecular complexity index is 1560. The number of carbonyl (C=O) groups is 1. The maximum atomic E-state index is 13.7. The summed E-state index contributed by atoms with van der Waals surface area (Å²) in [5, 5.41) is 18.8. The van der Waals surface area contributed by atoms with E-state index in [4.69, 9.17) is 11.6 Å². The summed E-state index contributed by atoms with van der Waals surface area (Å²) in [6.07, 6.45) is 0.890. The number of para-hydroxylation sites is 1. The molecule has 0 radical (unpaired) electrons. The van der Waals surface area contributed by atoms with Gasteiger partial charge in [0, 0.05) is 10.4 Å².